The second-order valence-corrected chi connectivity index (χ2v) is 7.42. The van der Waals surface area contributed by atoms with Gasteiger partial charge >= 0.3 is 0 Å². The fraction of sp³-hybridized carbons (Fsp3) is 0.667. The number of likely N-dealkylation sites (tertiary alicyclic amines) is 1. The fourth-order valence-corrected chi connectivity index (χ4v) is 3.75. The monoisotopic (exact) mass is 369 g/mol. The molecule has 0 aromatic carbocycles. The van der Waals surface area contributed by atoms with Crippen molar-refractivity contribution in [3.8, 4) is 0 Å². The highest BCUT2D eigenvalue weighted by atomic mass is 35.5. The molecule has 1 unspecified atom stereocenters. The first-order valence-electron chi connectivity index (χ1n) is 8.85. The SMILES string of the molecule is CC(C)C(NC(=O)c1ccco1)C(=O)N1CCC2(CCNC2)CC1.Cl. The summed E-state index contributed by atoms with van der Waals surface area (Å²) in [5.74, 6) is -0.0465. The zero-order valence-electron chi connectivity index (χ0n) is 14.9. The molecule has 140 valence electrons. The third-order valence-corrected chi connectivity index (χ3v) is 5.43. The minimum Gasteiger partial charge on any atom is -0.459 e. The molecule has 0 bridgehead atoms. The number of nitrogens with one attached hydrogen (secondary N) is 2. The maximum Gasteiger partial charge on any atom is 0.287 e. The lowest BCUT2D eigenvalue weighted by Crippen LogP contribution is -2.54. The Morgan fingerprint density at radius 2 is 2.00 bits per heavy atom. The highest BCUT2D eigenvalue weighted by Gasteiger charge is 2.39. The van der Waals surface area contributed by atoms with Crippen molar-refractivity contribution in [2.24, 2.45) is 11.3 Å². The van der Waals surface area contributed by atoms with Crippen molar-refractivity contribution in [2.75, 3.05) is 26.2 Å². The minimum atomic E-state index is -0.515. The average Bonchev–Trinajstić information content (AvgIpc) is 3.24. The van der Waals surface area contributed by atoms with Crippen LogP contribution in [0.2, 0.25) is 0 Å². The van der Waals surface area contributed by atoms with Gasteiger partial charge in [-0.25, -0.2) is 0 Å². The van der Waals surface area contributed by atoms with E-state index in [4.69, 9.17) is 4.42 Å². The van der Waals surface area contributed by atoms with E-state index in [0.717, 1.165) is 39.0 Å². The van der Waals surface area contributed by atoms with Crippen molar-refractivity contribution >= 4 is 24.2 Å². The maximum atomic E-state index is 12.9. The third kappa shape index (κ3) is 4.36. The molecule has 1 aromatic rings. The molecule has 1 spiro atoms. The molecule has 1 aromatic heterocycles. The first kappa shape index (κ1) is 19.8. The minimum absolute atomic E-state index is 0. The van der Waals surface area contributed by atoms with Crippen LogP contribution < -0.4 is 10.6 Å². The second kappa shape index (κ2) is 8.23. The number of carbonyl (C=O) groups is 2. The van der Waals surface area contributed by atoms with Gasteiger partial charge in [0, 0.05) is 19.6 Å². The molecule has 6 nitrogen and oxygen atoms in total. The van der Waals surface area contributed by atoms with Gasteiger partial charge in [-0.05, 0) is 49.3 Å². The van der Waals surface area contributed by atoms with Gasteiger partial charge in [0.2, 0.25) is 5.91 Å². The van der Waals surface area contributed by atoms with Crippen molar-refractivity contribution in [1.29, 1.82) is 0 Å². The Morgan fingerprint density at radius 3 is 2.52 bits per heavy atom. The molecule has 3 rings (SSSR count). The van der Waals surface area contributed by atoms with Crippen LogP contribution in [-0.2, 0) is 4.79 Å². The zero-order valence-corrected chi connectivity index (χ0v) is 15.7. The lowest BCUT2D eigenvalue weighted by molar-refractivity contribution is -0.136. The van der Waals surface area contributed by atoms with Crippen molar-refractivity contribution in [3.63, 3.8) is 0 Å². The van der Waals surface area contributed by atoms with Crippen molar-refractivity contribution in [2.45, 2.75) is 39.2 Å². The van der Waals surface area contributed by atoms with Crippen LogP contribution >= 0.6 is 12.4 Å². The standard InChI is InChI=1S/C18H27N3O3.ClH/c1-13(2)15(20-16(22)14-4-3-11-24-14)17(23)21-9-6-18(7-10-21)5-8-19-12-18;/h3-4,11,13,15,19H,5-10,12H2,1-2H3,(H,20,22);1H. The summed E-state index contributed by atoms with van der Waals surface area (Å²) >= 11 is 0. The van der Waals surface area contributed by atoms with E-state index in [-0.39, 0.29) is 35.9 Å². The van der Waals surface area contributed by atoms with Gasteiger partial charge in [0.1, 0.15) is 6.04 Å². The summed E-state index contributed by atoms with van der Waals surface area (Å²) in [4.78, 5) is 27.1. The Labute approximate surface area is 155 Å². The topological polar surface area (TPSA) is 74.6 Å². The van der Waals surface area contributed by atoms with Crippen LogP contribution in [0.1, 0.15) is 43.7 Å². The number of hydrogen-bond donors (Lipinski definition) is 2. The molecule has 0 aliphatic carbocycles. The number of furan rings is 1. The van der Waals surface area contributed by atoms with E-state index >= 15 is 0 Å². The van der Waals surface area contributed by atoms with Gasteiger partial charge in [0.15, 0.2) is 5.76 Å². The molecule has 2 saturated heterocycles. The normalized spacial score (nSPS) is 20.4. The van der Waals surface area contributed by atoms with Gasteiger partial charge in [0.05, 0.1) is 6.26 Å². The van der Waals surface area contributed by atoms with Gasteiger partial charge in [0.25, 0.3) is 5.91 Å². The van der Waals surface area contributed by atoms with Crippen LogP contribution in [-0.4, -0.2) is 48.9 Å². The summed E-state index contributed by atoms with van der Waals surface area (Å²) in [6.07, 6.45) is 4.75. The highest BCUT2D eigenvalue weighted by Crippen LogP contribution is 2.37. The van der Waals surface area contributed by atoms with E-state index in [1.165, 1.54) is 12.7 Å². The van der Waals surface area contributed by atoms with Crippen LogP contribution in [0.15, 0.2) is 22.8 Å². The third-order valence-electron chi connectivity index (χ3n) is 5.43. The van der Waals surface area contributed by atoms with Gasteiger partial charge in [-0.15, -0.1) is 12.4 Å². The Morgan fingerprint density at radius 1 is 1.28 bits per heavy atom. The molecule has 2 amide bonds. The maximum absolute atomic E-state index is 12.9. The molecular weight excluding hydrogens is 342 g/mol. The Hall–Kier alpha value is -1.53. The molecule has 25 heavy (non-hydrogen) atoms. The van der Waals surface area contributed by atoms with Crippen LogP contribution in [0, 0.1) is 11.3 Å². The largest absolute Gasteiger partial charge is 0.459 e. The fourth-order valence-electron chi connectivity index (χ4n) is 3.75. The smallest absolute Gasteiger partial charge is 0.287 e. The molecule has 7 heteroatoms. The van der Waals surface area contributed by atoms with Crippen LogP contribution in [0.4, 0.5) is 0 Å². The van der Waals surface area contributed by atoms with Crippen LogP contribution in [0.25, 0.3) is 0 Å². The molecule has 1 atom stereocenters. The number of nitrogens with zero attached hydrogens (tertiary/aromatic N) is 1. The number of rotatable bonds is 4. The van der Waals surface area contributed by atoms with Gasteiger partial charge in [-0.3, -0.25) is 9.59 Å². The molecule has 2 fully saturated rings. The molecule has 0 saturated carbocycles. The summed E-state index contributed by atoms with van der Waals surface area (Å²) in [5, 5.41) is 6.28. The van der Waals surface area contributed by atoms with Crippen molar-refractivity contribution in [3.05, 3.63) is 24.2 Å². The van der Waals surface area contributed by atoms with Crippen LogP contribution in [0.5, 0.6) is 0 Å². The summed E-state index contributed by atoms with van der Waals surface area (Å²) in [6.45, 7) is 7.62. The summed E-state index contributed by atoms with van der Waals surface area (Å²) < 4.78 is 5.12. The quantitative estimate of drug-likeness (QED) is 0.851. The number of hydrogen-bond acceptors (Lipinski definition) is 4. The molecule has 3 heterocycles. The Kier molecular flexibility index (Phi) is 6.52. The Balaban J connectivity index is 0.00000225. The number of carbonyl (C=O) groups excluding carboxylic acids is 2. The van der Waals surface area contributed by atoms with Gasteiger partial charge < -0.3 is 20.0 Å². The number of amides is 2. The highest BCUT2D eigenvalue weighted by molar-refractivity contribution is 5.95. The predicted octanol–water partition coefficient (Wildman–Crippen LogP) is 2.06. The van der Waals surface area contributed by atoms with E-state index in [2.05, 4.69) is 10.6 Å². The summed E-state index contributed by atoms with van der Waals surface area (Å²) in [5.41, 5.74) is 0.377. The second-order valence-electron chi connectivity index (χ2n) is 7.42. The molecule has 2 aliphatic heterocycles. The molecule has 2 aliphatic rings. The van der Waals surface area contributed by atoms with E-state index in [0.29, 0.717) is 5.41 Å². The van der Waals surface area contributed by atoms with Gasteiger partial charge in [-0.1, -0.05) is 13.8 Å². The first-order valence-corrected chi connectivity index (χ1v) is 8.85. The number of halogens is 1. The summed E-state index contributed by atoms with van der Waals surface area (Å²) in [6, 6.07) is 2.76. The van der Waals surface area contributed by atoms with Crippen molar-refractivity contribution in [1.82, 2.24) is 15.5 Å². The lowest BCUT2D eigenvalue weighted by Gasteiger charge is -2.40. The predicted molar refractivity (Wildman–Crippen MR) is 97.8 cm³/mol. The van der Waals surface area contributed by atoms with E-state index in [9.17, 15) is 9.59 Å². The van der Waals surface area contributed by atoms with Crippen LogP contribution in [0.3, 0.4) is 0 Å². The zero-order chi connectivity index (χ0) is 17.2. The lowest BCUT2D eigenvalue weighted by atomic mass is 9.77. The molecule has 2 N–H and O–H groups in total. The molecular formula is C18H28ClN3O3. The average molecular weight is 370 g/mol. The summed E-state index contributed by atoms with van der Waals surface area (Å²) in [7, 11) is 0. The van der Waals surface area contributed by atoms with E-state index in [1.54, 1.807) is 12.1 Å². The first-order chi connectivity index (χ1) is 11.5. The molecule has 0 radical (unpaired) electrons. The van der Waals surface area contributed by atoms with E-state index < -0.39 is 6.04 Å². The number of piperidine rings is 1. The van der Waals surface area contributed by atoms with Gasteiger partial charge in [-0.2, -0.15) is 0 Å². The van der Waals surface area contributed by atoms with E-state index in [1.807, 2.05) is 18.7 Å². The van der Waals surface area contributed by atoms with Crippen molar-refractivity contribution < 1.29 is 14.0 Å². The Bertz CT molecular complexity index is 572.